The SMILES string of the molecule is O=C(NC1CCC1)N[C@H]1CCCC[C@@H]1O. The van der Waals surface area contributed by atoms with E-state index in [-0.39, 0.29) is 18.2 Å². The molecule has 0 bridgehead atoms. The van der Waals surface area contributed by atoms with Gasteiger partial charge in [-0.25, -0.2) is 4.79 Å². The van der Waals surface area contributed by atoms with Crippen molar-refractivity contribution in [2.24, 2.45) is 0 Å². The highest BCUT2D eigenvalue weighted by atomic mass is 16.3. The number of carbonyl (C=O) groups is 1. The summed E-state index contributed by atoms with van der Waals surface area (Å²) in [4.78, 5) is 11.5. The van der Waals surface area contributed by atoms with E-state index in [0.717, 1.165) is 38.5 Å². The molecule has 0 aliphatic heterocycles. The van der Waals surface area contributed by atoms with Crippen molar-refractivity contribution in [1.29, 1.82) is 0 Å². The van der Waals surface area contributed by atoms with Crippen LogP contribution in [0.2, 0.25) is 0 Å². The molecule has 0 aromatic carbocycles. The predicted octanol–water partition coefficient (Wildman–Crippen LogP) is 1.14. The minimum atomic E-state index is -0.356. The van der Waals surface area contributed by atoms with Crippen LogP contribution in [0.25, 0.3) is 0 Å². The second kappa shape index (κ2) is 4.84. The molecule has 0 unspecified atom stereocenters. The van der Waals surface area contributed by atoms with Crippen LogP contribution in [0.1, 0.15) is 44.9 Å². The first kappa shape index (κ1) is 10.7. The normalized spacial score (nSPS) is 31.8. The second-order valence-corrected chi connectivity index (χ2v) is 4.70. The van der Waals surface area contributed by atoms with Crippen LogP contribution in [0.4, 0.5) is 4.79 Å². The van der Waals surface area contributed by atoms with Gasteiger partial charge in [0.15, 0.2) is 0 Å². The molecular weight excluding hydrogens is 192 g/mol. The third-order valence-corrected chi connectivity index (χ3v) is 3.49. The molecule has 0 heterocycles. The summed E-state index contributed by atoms with van der Waals surface area (Å²) in [5, 5.41) is 15.5. The van der Waals surface area contributed by atoms with Gasteiger partial charge in [0.05, 0.1) is 12.1 Å². The average molecular weight is 212 g/mol. The summed E-state index contributed by atoms with van der Waals surface area (Å²) < 4.78 is 0. The van der Waals surface area contributed by atoms with Gasteiger partial charge in [0, 0.05) is 6.04 Å². The minimum Gasteiger partial charge on any atom is -0.391 e. The van der Waals surface area contributed by atoms with E-state index in [0.29, 0.717) is 6.04 Å². The van der Waals surface area contributed by atoms with Crippen LogP contribution in [-0.4, -0.2) is 29.3 Å². The summed E-state index contributed by atoms with van der Waals surface area (Å²) in [5.41, 5.74) is 0. The fraction of sp³-hybridized carbons (Fsp3) is 0.909. The Kier molecular flexibility index (Phi) is 3.46. The van der Waals surface area contributed by atoms with Crippen LogP contribution < -0.4 is 10.6 Å². The molecule has 4 heteroatoms. The lowest BCUT2D eigenvalue weighted by Crippen LogP contribution is -2.52. The third-order valence-electron chi connectivity index (χ3n) is 3.49. The Morgan fingerprint density at radius 1 is 1.00 bits per heavy atom. The molecule has 0 radical (unpaired) electrons. The number of rotatable bonds is 2. The van der Waals surface area contributed by atoms with Crippen LogP contribution in [-0.2, 0) is 0 Å². The van der Waals surface area contributed by atoms with Gasteiger partial charge >= 0.3 is 6.03 Å². The van der Waals surface area contributed by atoms with Gasteiger partial charge in [0.1, 0.15) is 0 Å². The minimum absolute atomic E-state index is 0.0428. The summed E-state index contributed by atoms with van der Waals surface area (Å²) in [7, 11) is 0. The fourth-order valence-electron chi connectivity index (χ4n) is 2.23. The summed E-state index contributed by atoms with van der Waals surface area (Å²) in [5.74, 6) is 0. The zero-order valence-corrected chi connectivity index (χ0v) is 9.04. The lowest BCUT2D eigenvalue weighted by Gasteiger charge is -2.31. The lowest BCUT2D eigenvalue weighted by atomic mass is 9.92. The van der Waals surface area contributed by atoms with E-state index in [4.69, 9.17) is 0 Å². The van der Waals surface area contributed by atoms with Gasteiger partial charge in [-0.05, 0) is 32.1 Å². The molecule has 2 aliphatic carbocycles. The van der Waals surface area contributed by atoms with Crippen LogP contribution in [0.3, 0.4) is 0 Å². The van der Waals surface area contributed by atoms with Crippen molar-refractivity contribution in [2.75, 3.05) is 0 Å². The number of hydrogen-bond donors (Lipinski definition) is 3. The Morgan fingerprint density at radius 3 is 2.33 bits per heavy atom. The number of aliphatic hydroxyl groups is 1. The van der Waals surface area contributed by atoms with Crippen LogP contribution in [0, 0.1) is 0 Å². The zero-order chi connectivity index (χ0) is 10.7. The molecular formula is C11H20N2O2. The van der Waals surface area contributed by atoms with Crippen molar-refractivity contribution in [3.05, 3.63) is 0 Å². The molecule has 0 spiro atoms. The van der Waals surface area contributed by atoms with Crippen molar-refractivity contribution in [1.82, 2.24) is 10.6 Å². The van der Waals surface area contributed by atoms with Gasteiger partial charge in [-0.1, -0.05) is 12.8 Å². The molecule has 2 saturated carbocycles. The molecule has 2 atom stereocenters. The summed E-state index contributed by atoms with van der Waals surface area (Å²) in [6.07, 6.45) is 6.95. The van der Waals surface area contributed by atoms with Crippen molar-refractivity contribution < 1.29 is 9.90 Å². The number of nitrogens with one attached hydrogen (secondary N) is 2. The monoisotopic (exact) mass is 212 g/mol. The maximum absolute atomic E-state index is 11.5. The van der Waals surface area contributed by atoms with E-state index in [1.807, 2.05) is 0 Å². The van der Waals surface area contributed by atoms with Crippen LogP contribution in [0.15, 0.2) is 0 Å². The standard InChI is InChI=1S/C11H20N2O2/c14-10-7-2-1-6-9(10)13-11(15)12-8-4-3-5-8/h8-10,14H,1-7H2,(H2,12,13,15)/t9-,10-/m0/s1. The molecule has 2 fully saturated rings. The first-order valence-corrected chi connectivity index (χ1v) is 6.01. The van der Waals surface area contributed by atoms with E-state index in [1.54, 1.807) is 0 Å². The average Bonchev–Trinajstić information content (AvgIpc) is 2.16. The Morgan fingerprint density at radius 2 is 1.73 bits per heavy atom. The zero-order valence-electron chi connectivity index (χ0n) is 9.04. The molecule has 2 amide bonds. The van der Waals surface area contributed by atoms with Crippen molar-refractivity contribution in [3.8, 4) is 0 Å². The topological polar surface area (TPSA) is 61.4 Å². The van der Waals surface area contributed by atoms with Crippen LogP contribution >= 0.6 is 0 Å². The lowest BCUT2D eigenvalue weighted by molar-refractivity contribution is 0.0936. The van der Waals surface area contributed by atoms with Crippen molar-refractivity contribution in [3.63, 3.8) is 0 Å². The molecule has 3 N–H and O–H groups in total. The molecule has 0 aromatic rings. The summed E-state index contributed by atoms with van der Waals surface area (Å²) >= 11 is 0. The highest BCUT2D eigenvalue weighted by Crippen LogP contribution is 2.19. The maximum atomic E-state index is 11.5. The van der Waals surface area contributed by atoms with Gasteiger partial charge in [0.25, 0.3) is 0 Å². The number of urea groups is 1. The van der Waals surface area contributed by atoms with Crippen molar-refractivity contribution in [2.45, 2.75) is 63.1 Å². The van der Waals surface area contributed by atoms with Crippen molar-refractivity contribution >= 4 is 6.03 Å². The van der Waals surface area contributed by atoms with E-state index in [2.05, 4.69) is 10.6 Å². The van der Waals surface area contributed by atoms with E-state index in [9.17, 15) is 9.90 Å². The van der Waals surface area contributed by atoms with Gasteiger partial charge in [-0.2, -0.15) is 0 Å². The number of amides is 2. The maximum Gasteiger partial charge on any atom is 0.315 e. The fourth-order valence-corrected chi connectivity index (χ4v) is 2.23. The van der Waals surface area contributed by atoms with Gasteiger partial charge in [-0.3, -0.25) is 0 Å². The molecule has 0 saturated heterocycles. The molecule has 0 aromatic heterocycles. The predicted molar refractivity (Wildman–Crippen MR) is 57.6 cm³/mol. The Bertz CT molecular complexity index is 229. The quantitative estimate of drug-likeness (QED) is 0.643. The van der Waals surface area contributed by atoms with Crippen LogP contribution in [0.5, 0.6) is 0 Å². The Hall–Kier alpha value is -0.770. The van der Waals surface area contributed by atoms with Gasteiger partial charge in [-0.15, -0.1) is 0 Å². The van der Waals surface area contributed by atoms with E-state index >= 15 is 0 Å². The van der Waals surface area contributed by atoms with Gasteiger partial charge in [0.2, 0.25) is 0 Å². The number of carbonyl (C=O) groups excluding carboxylic acids is 1. The first-order valence-electron chi connectivity index (χ1n) is 6.01. The first-order chi connectivity index (χ1) is 7.25. The summed E-state index contributed by atoms with van der Waals surface area (Å²) in [6.45, 7) is 0. The molecule has 2 aliphatic rings. The number of aliphatic hydroxyl groups excluding tert-OH is 1. The second-order valence-electron chi connectivity index (χ2n) is 4.70. The largest absolute Gasteiger partial charge is 0.391 e. The molecule has 4 nitrogen and oxygen atoms in total. The van der Waals surface area contributed by atoms with Gasteiger partial charge < -0.3 is 15.7 Å². The van der Waals surface area contributed by atoms with E-state index in [1.165, 1.54) is 6.42 Å². The highest BCUT2D eigenvalue weighted by Gasteiger charge is 2.26. The number of hydrogen-bond acceptors (Lipinski definition) is 2. The van der Waals surface area contributed by atoms with E-state index < -0.39 is 0 Å². The highest BCUT2D eigenvalue weighted by molar-refractivity contribution is 5.74. The summed E-state index contributed by atoms with van der Waals surface area (Å²) in [6, 6.07) is 0.218. The Balaban J connectivity index is 1.71. The third kappa shape index (κ3) is 2.84. The molecule has 15 heavy (non-hydrogen) atoms. The smallest absolute Gasteiger partial charge is 0.315 e. The Labute approximate surface area is 90.4 Å². The molecule has 86 valence electrons. The molecule has 2 rings (SSSR count).